The van der Waals surface area contributed by atoms with Crippen LogP contribution in [0.5, 0.6) is 0 Å². The molecule has 0 saturated carbocycles. The van der Waals surface area contributed by atoms with E-state index in [0.717, 1.165) is 0 Å². The van der Waals surface area contributed by atoms with Crippen LogP contribution in [0.1, 0.15) is 12.5 Å². The number of hydrogen-bond donors (Lipinski definition) is 0. The van der Waals surface area contributed by atoms with Gasteiger partial charge < -0.3 is 4.90 Å². The van der Waals surface area contributed by atoms with E-state index in [9.17, 15) is 13.2 Å². The second kappa shape index (κ2) is 5.39. The van der Waals surface area contributed by atoms with Crippen LogP contribution in [0.2, 0.25) is 0 Å². The Labute approximate surface area is 97.0 Å². The molecule has 0 aliphatic rings. The molecular formula is C10H12ClF3N2. The molecule has 0 fully saturated rings. The van der Waals surface area contributed by atoms with Crippen molar-refractivity contribution in [3.8, 4) is 0 Å². The van der Waals surface area contributed by atoms with E-state index < -0.39 is 12.7 Å². The number of halogens is 4. The zero-order valence-corrected chi connectivity index (χ0v) is 9.52. The van der Waals surface area contributed by atoms with Crippen molar-refractivity contribution < 1.29 is 13.2 Å². The summed E-state index contributed by atoms with van der Waals surface area (Å²) in [7, 11) is 0. The third kappa shape index (κ3) is 3.56. The van der Waals surface area contributed by atoms with Crippen LogP contribution < -0.4 is 4.90 Å². The van der Waals surface area contributed by atoms with Crippen molar-refractivity contribution in [1.29, 1.82) is 0 Å². The third-order valence-electron chi connectivity index (χ3n) is 2.12. The summed E-state index contributed by atoms with van der Waals surface area (Å²) in [6.07, 6.45) is -1.30. The van der Waals surface area contributed by atoms with Gasteiger partial charge in [-0.1, -0.05) is 0 Å². The van der Waals surface area contributed by atoms with E-state index in [1.807, 2.05) is 0 Å². The fourth-order valence-corrected chi connectivity index (χ4v) is 1.62. The standard InChI is InChI=1S/C10H12ClF3N2/c1-2-16(7-10(12,13)14)9-6-15-4-3-8(9)5-11/h3-4,6H,2,5,7H2,1H3. The zero-order chi connectivity index (χ0) is 12.2. The van der Waals surface area contributed by atoms with E-state index in [2.05, 4.69) is 4.98 Å². The molecule has 0 radical (unpaired) electrons. The highest BCUT2D eigenvalue weighted by Gasteiger charge is 2.30. The van der Waals surface area contributed by atoms with Crippen LogP contribution in [-0.4, -0.2) is 24.2 Å². The van der Waals surface area contributed by atoms with Gasteiger partial charge in [-0.3, -0.25) is 4.98 Å². The van der Waals surface area contributed by atoms with Crippen molar-refractivity contribution in [3.05, 3.63) is 24.0 Å². The zero-order valence-electron chi connectivity index (χ0n) is 8.76. The van der Waals surface area contributed by atoms with Crippen LogP contribution in [0.15, 0.2) is 18.5 Å². The molecule has 2 nitrogen and oxygen atoms in total. The first kappa shape index (κ1) is 13.1. The summed E-state index contributed by atoms with van der Waals surface area (Å²) in [5.41, 5.74) is 1.10. The lowest BCUT2D eigenvalue weighted by atomic mass is 10.2. The van der Waals surface area contributed by atoms with Crippen LogP contribution in [-0.2, 0) is 5.88 Å². The van der Waals surface area contributed by atoms with E-state index in [1.54, 1.807) is 13.0 Å². The maximum Gasteiger partial charge on any atom is 0.405 e. The van der Waals surface area contributed by atoms with Crippen molar-refractivity contribution in [1.82, 2.24) is 4.98 Å². The first-order chi connectivity index (χ1) is 7.48. The lowest BCUT2D eigenvalue weighted by Gasteiger charge is -2.25. The SMILES string of the molecule is CCN(CC(F)(F)F)c1cnccc1CCl. The first-order valence-electron chi connectivity index (χ1n) is 4.78. The van der Waals surface area contributed by atoms with Crippen molar-refractivity contribution >= 4 is 17.3 Å². The van der Waals surface area contributed by atoms with Crippen LogP contribution >= 0.6 is 11.6 Å². The quantitative estimate of drug-likeness (QED) is 0.765. The summed E-state index contributed by atoms with van der Waals surface area (Å²) < 4.78 is 37.0. The molecule has 0 atom stereocenters. The highest BCUT2D eigenvalue weighted by molar-refractivity contribution is 6.17. The predicted molar refractivity (Wildman–Crippen MR) is 57.7 cm³/mol. The number of rotatable bonds is 4. The summed E-state index contributed by atoms with van der Waals surface area (Å²) in [4.78, 5) is 5.04. The maximum absolute atomic E-state index is 12.3. The fraction of sp³-hybridized carbons (Fsp3) is 0.500. The second-order valence-corrected chi connectivity index (χ2v) is 3.53. The van der Waals surface area contributed by atoms with Gasteiger partial charge in [0, 0.05) is 18.6 Å². The van der Waals surface area contributed by atoms with Crippen molar-refractivity contribution in [2.45, 2.75) is 19.0 Å². The highest BCUT2D eigenvalue weighted by atomic mass is 35.5. The molecule has 0 aromatic carbocycles. The Balaban J connectivity index is 2.94. The molecule has 1 rings (SSSR count). The van der Waals surface area contributed by atoms with Crippen LogP contribution in [0.25, 0.3) is 0 Å². The Morgan fingerprint density at radius 3 is 2.62 bits per heavy atom. The highest BCUT2D eigenvalue weighted by Crippen LogP contribution is 2.25. The van der Waals surface area contributed by atoms with Gasteiger partial charge in [0.2, 0.25) is 0 Å². The summed E-state index contributed by atoms with van der Waals surface area (Å²) in [5, 5.41) is 0. The molecule has 0 spiro atoms. The minimum atomic E-state index is -4.23. The molecule has 0 bridgehead atoms. The molecule has 0 aliphatic heterocycles. The van der Waals surface area contributed by atoms with Gasteiger partial charge in [-0.15, -0.1) is 11.6 Å². The largest absolute Gasteiger partial charge is 0.405 e. The van der Waals surface area contributed by atoms with Crippen LogP contribution in [0.3, 0.4) is 0 Å². The average Bonchev–Trinajstić information content (AvgIpc) is 2.24. The van der Waals surface area contributed by atoms with Gasteiger partial charge in [-0.05, 0) is 18.6 Å². The number of alkyl halides is 4. The van der Waals surface area contributed by atoms with Gasteiger partial charge in [-0.2, -0.15) is 13.2 Å². The molecule has 0 N–H and O–H groups in total. The average molecular weight is 253 g/mol. The molecule has 1 heterocycles. The third-order valence-corrected chi connectivity index (χ3v) is 2.41. The molecule has 0 aliphatic carbocycles. The Hall–Kier alpha value is -0.970. The van der Waals surface area contributed by atoms with E-state index in [-0.39, 0.29) is 12.4 Å². The molecule has 16 heavy (non-hydrogen) atoms. The van der Waals surface area contributed by atoms with Crippen molar-refractivity contribution in [2.24, 2.45) is 0 Å². The molecule has 1 aromatic rings. The van der Waals surface area contributed by atoms with E-state index in [4.69, 9.17) is 11.6 Å². The summed E-state index contributed by atoms with van der Waals surface area (Å²) in [5.74, 6) is 0.173. The molecular weight excluding hydrogens is 241 g/mol. The van der Waals surface area contributed by atoms with E-state index in [1.165, 1.54) is 17.3 Å². The molecule has 0 amide bonds. The van der Waals surface area contributed by atoms with Gasteiger partial charge in [0.1, 0.15) is 6.54 Å². The van der Waals surface area contributed by atoms with Gasteiger partial charge >= 0.3 is 6.18 Å². The minimum Gasteiger partial charge on any atom is -0.361 e. The minimum absolute atomic E-state index is 0.173. The molecule has 0 saturated heterocycles. The van der Waals surface area contributed by atoms with Crippen LogP contribution in [0, 0.1) is 0 Å². The second-order valence-electron chi connectivity index (χ2n) is 3.27. The molecule has 1 aromatic heterocycles. The Morgan fingerprint density at radius 1 is 1.44 bits per heavy atom. The van der Waals surface area contributed by atoms with Gasteiger partial charge in [-0.25, -0.2) is 0 Å². The van der Waals surface area contributed by atoms with E-state index in [0.29, 0.717) is 11.3 Å². The smallest absolute Gasteiger partial charge is 0.361 e. The van der Waals surface area contributed by atoms with Crippen molar-refractivity contribution in [2.75, 3.05) is 18.0 Å². The Bertz CT molecular complexity index is 341. The molecule has 0 unspecified atom stereocenters. The van der Waals surface area contributed by atoms with E-state index >= 15 is 0 Å². The molecule has 6 heteroatoms. The van der Waals surface area contributed by atoms with Crippen LogP contribution in [0.4, 0.5) is 18.9 Å². The number of anilines is 1. The number of aromatic nitrogens is 1. The van der Waals surface area contributed by atoms with Gasteiger partial charge in [0.05, 0.1) is 11.9 Å². The molecule has 90 valence electrons. The fourth-order valence-electron chi connectivity index (χ4n) is 1.40. The number of pyridine rings is 1. The van der Waals surface area contributed by atoms with Gasteiger partial charge in [0.15, 0.2) is 0 Å². The first-order valence-corrected chi connectivity index (χ1v) is 5.32. The predicted octanol–water partition coefficient (Wildman–Crippen LogP) is 3.21. The lowest BCUT2D eigenvalue weighted by molar-refractivity contribution is -0.119. The Kier molecular flexibility index (Phi) is 4.41. The number of hydrogen-bond acceptors (Lipinski definition) is 2. The summed E-state index contributed by atoms with van der Waals surface area (Å²) >= 11 is 5.67. The Morgan fingerprint density at radius 2 is 2.12 bits per heavy atom. The lowest BCUT2D eigenvalue weighted by Crippen LogP contribution is -2.34. The monoisotopic (exact) mass is 252 g/mol. The number of nitrogens with zero attached hydrogens (tertiary/aromatic N) is 2. The van der Waals surface area contributed by atoms with Gasteiger partial charge in [0.25, 0.3) is 0 Å². The summed E-state index contributed by atoms with van der Waals surface area (Å²) in [6.45, 7) is 0.935. The maximum atomic E-state index is 12.3. The normalized spacial score (nSPS) is 11.6. The van der Waals surface area contributed by atoms with Crippen molar-refractivity contribution in [3.63, 3.8) is 0 Å². The summed E-state index contributed by atoms with van der Waals surface area (Å²) in [6, 6.07) is 1.63. The topological polar surface area (TPSA) is 16.1 Å².